The summed E-state index contributed by atoms with van der Waals surface area (Å²) in [4.78, 5) is 81.3. The van der Waals surface area contributed by atoms with Crippen molar-refractivity contribution in [1.82, 2.24) is 26.2 Å². The van der Waals surface area contributed by atoms with Crippen molar-refractivity contribution in [2.75, 3.05) is 20.2 Å². The van der Waals surface area contributed by atoms with E-state index in [-0.39, 0.29) is 12.3 Å². The van der Waals surface area contributed by atoms with Crippen LogP contribution in [0.2, 0.25) is 0 Å². The number of hydrogen-bond donors (Lipinski definition) is 6. The van der Waals surface area contributed by atoms with E-state index in [4.69, 9.17) is 4.74 Å². The van der Waals surface area contributed by atoms with Gasteiger partial charge in [0.1, 0.15) is 36.8 Å². The topological polar surface area (TPSA) is 203 Å². The highest BCUT2D eigenvalue weighted by molar-refractivity contribution is 5.96. The van der Waals surface area contributed by atoms with Gasteiger partial charge >= 0.3 is 5.97 Å². The number of unbranched alkanes of at least 4 members (excludes halogenated alkanes) is 3. The Morgan fingerprint density at radius 3 is 2.04 bits per heavy atom. The Morgan fingerprint density at radius 1 is 0.870 bits per heavy atom. The first-order valence-electron chi connectivity index (χ1n) is 16.5. The van der Waals surface area contributed by atoms with Crippen molar-refractivity contribution in [3.8, 4) is 0 Å². The predicted molar refractivity (Wildman–Crippen MR) is 171 cm³/mol. The van der Waals surface area contributed by atoms with Gasteiger partial charge in [0.25, 0.3) is 0 Å². The molecule has 0 spiro atoms. The van der Waals surface area contributed by atoms with E-state index in [1.807, 2.05) is 20.8 Å². The number of esters is 1. The van der Waals surface area contributed by atoms with Gasteiger partial charge in [0, 0.05) is 7.05 Å². The fourth-order valence-corrected chi connectivity index (χ4v) is 5.25. The Morgan fingerprint density at radius 2 is 1.50 bits per heavy atom. The summed E-state index contributed by atoms with van der Waals surface area (Å²) < 4.78 is 5.71. The molecule has 0 radical (unpaired) electrons. The van der Waals surface area contributed by atoms with E-state index in [0.717, 1.165) is 19.3 Å². The molecular weight excluding hydrogens is 598 g/mol. The van der Waals surface area contributed by atoms with Gasteiger partial charge in [-0.1, -0.05) is 67.2 Å². The molecule has 1 aliphatic heterocycles. The Labute approximate surface area is 273 Å². The maximum Gasteiger partial charge on any atom is 0.325 e. The first-order valence-corrected chi connectivity index (χ1v) is 16.5. The van der Waals surface area contributed by atoms with Gasteiger partial charge in [0.2, 0.25) is 29.5 Å². The summed E-state index contributed by atoms with van der Waals surface area (Å²) in [6, 6.07) is -5.15. The minimum atomic E-state index is -1.53. The van der Waals surface area contributed by atoms with Crippen molar-refractivity contribution in [2.24, 2.45) is 17.8 Å². The van der Waals surface area contributed by atoms with Crippen LogP contribution in [0.5, 0.6) is 0 Å². The number of carbonyl (C=O) groups is 6. The van der Waals surface area contributed by atoms with Crippen LogP contribution in [0.15, 0.2) is 0 Å². The third-order valence-electron chi connectivity index (χ3n) is 8.46. The summed E-state index contributed by atoms with van der Waals surface area (Å²) >= 11 is 0. The number of amides is 5. The van der Waals surface area contributed by atoms with E-state index in [1.165, 1.54) is 18.9 Å². The largest absolute Gasteiger partial charge is 0.460 e. The zero-order valence-corrected chi connectivity index (χ0v) is 28.8. The van der Waals surface area contributed by atoms with Crippen LogP contribution in [0.4, 0.5) is 0 Å². The van der Waals surface area contributed by atoms with Crippen LogP contribution in [0.25, 0.3) is 0 Å². The van der Waals surface area contributed by atoms with Crippen LogP contribution in [0, 0.1) is 17.8 Å². The SMILES string of the molecule is CCCCCC[C@H]1OC(=O)CNC(=O)[C@H]([C@H](C)O)NC(=O)[C@@H](CO)NC(=O)[C@H]([C@H](C)CC)NC(=O)[C@H](CC(C)C)N(C)C(=O)[C@H]1C. The molecule has 1 aliphatic rings. The maximum atomic E-state index is 13.9. The normalized spacial score (nSPS) is 27.8. The summed E-state index contributed by atoms with van der Waals surface area (Å²) in [5, 5.41) is 30.0. The first kappa shape index (κ1) is 40.8. The molecule has 264 valence electrons. The van der Waals surface area contributed by atoms with Crippen molar-refractivity contribution in [1.29, 1.82) is 0 Å². The molecule has 6 N–H and O–H groups in total. The van der Waals surface area contributed by atoms with Gasteiger partial charge in [-0.3, -0.25) is 28.8 Å². The zero-order chi connectivity index (χ0) is 35.1. The summed E-state index contributed by atoms with van der Waals surface area (Å²) in [5.74, 6) is -5.66. The molecule has 1 rings (SSSR count). The summed E-state index contributed by atoms with van der Waals surface area (Å²) in [6.07, 6.45) is 2.37. The average Bonchev–Trinajstić information content (AvgIpc) is 3.01. The number of aliphatic hydroxyl groups is 2. The van der Waals surface area contributed by atoms with E-state index < -0.39 is 96.9 Å². The zero-order valence-electron chi connectivity index (χ0n) is 28.8. The van der Waals surface area contributed by atoms with Crippen molar-refractivity contribution < 1.29 is 43.7 Å². The lowest BCUT2D eigenvalue weighted by Gasteiger charge is -2.34. The quantitative estimate of drug-likeness (QED) is 0.134. The highest BCUT2D eigenvalue weighted by atomic mass is 16.5. The average molecular weight is 656 g/mol. The molecule has 0 aromatic heterocycles. The molecule has 0 aliphatic carbocycles. The Balaban J connectivity index is 3.62. The number of cyclic esters (lactones) is 1. The van der Waals surface area contributed by atoms with Crippen molar-refractivity contribution >= 4 is 35.5 Å². The molecule has 0 aromatic carbocycles. The lowest BCUT2D eigenvalue weighted by molar-refractivity contribution is -0.157. The van der Waals surface area contributed by atoms with Crippen molar-refractivity contribution in [3.63, 3.8) is 0 Å². The van der Waals surface area contributed by atoms with Crippen LogP contribution in [0.3, 0.4) is 0 Å². The van der Waals surface area contributed by atoms with Crippen molar-refractivity contribution in [3.05, 3.63) is 0 Å². The van der Waals surface area contributed by atoms with Gasteiger partial charge in [0.15, 0.2) is 0 Å². The van der Waals surface area contributed by atoms with Crippen LogP contribution in [0.1, 0.15) is 93.4 Å². The number of carbonyl (C=O) groups excluding carboxylic acids is 6. The Bertz CT molecular complexity index is 1040. The third-order valence-corrected chi connectivity index (χ3v) is 8.46. The molecule has 5 amide bonds. The molecule has 14 nitrogen and oxygen atoms in total. The lowest BCUT2D eigenvalue weighted by Crippen LogP contribution is -2.61. The number of nitrogens with zero attached hydrogens (tertiary/aromatic N) is 1. The van der Waals surface area contributed by atoms with Gasteiger partial charge in [-0.2, -0.15) is 0 Å². The van der Waals surface area contributed by atoms with Gasteiger partial charge in [-0.15, -0.1) is 0 Å². The molecule has 46 heavy (non-hydrogen) atoms. The number of aliphatic hydroxyl groups excluding tert-OH is 2. The summed E-state index contributed by atoms with van der Waals surface area (Å²) in [7, 11) is 1.50. The molecule has 0 unspecified atom stereocenters. The van der Waals surface area contributed by atoms with Gasteiger partial charge in [0.05, 0.1) is 18.6 Å². The summed E-state index contributed by atoms with van der Waals surface area (Å²) in [6.45, 7) is 10.9. The third kappa shape index (κ3) is 12.5. The van der Waals surface area contributed by atoms with E-state index in [9.17, 15) is 39.0 Å². The second kappa shape index (κ2) is 20.1. The number of likely N-dealkylation sites (N-methyl/N-ethyl adjacent to an activating group) is 1. The highest BCUT2D eigenvalue weighted by Crippen LogP contribution is 2.22. The maximum absolute atomic E-state index is 13.9. The van der Waals surface area contributed by atoms with Crippen LogP contribution in [-0.2, 0) is 33.5 Å². The molecule has 1 fully saturated rings. The number of hydrogen-bond acceptors (Lipinski definition) is 9. The van der Waals surface area contributed by atoms with Gasteiger partial charge in [-0.25, -0.2) is 0 Å². The van der Waals surface area contributed by atoms with E-state index in [0.29, 0.717) is 19.3 Å². The highest BCUT2D eigenvalue weighted by Gasteiger charge is 2.38. The standard InChI is InChI=1S/C32H57N5O9/c1-9-11-12-13-14-24-20(6)32(45)37(8)23(15-18(3)4)29(42)35-26(19(5)10-2)31(44)34-22(17-38)28(41)36-27(21(7)39)30(43)33-16-25(40)46-24/h18-24,26-27,38-39H,9-17H2,1-8H3,(H,33,43)(H,34,44)(H,35,42)(H,36,41)/t19-,20+,21+,22-,23+,24-,26+,27+/m1/s1. The van der Waals surface area contributed by atoms with Crippen LogP contribution < -0.4 is 21.3 Å². The summed E-state index contributed by atoms with van der Waals surface area (Å²) in [5.41, 5.74) is 0. The molecule has 0 aromatic rings. The Hall–Kier alpha value is -3.26. The number of nitrogens with one attached hydrogen (secondary N) is 4. The van der Waals surface area contributed by atoms with Crippen LogP contribution in [-0.4, -0.2) is 107 Å². The Kier molecular flexibility index (Phi) is 17.8. The second-order valence-electron chi connectivity index (χ2n) is 12.8. The van der Waals surface area contributed by atoms with E-state index in [2.05, 4.69) is 28.2 Å². The van der Waals surface area contributed by atoms with Gasteiger partial charge in [-0.05, 0) is 38.0 Å². The number of ether oxygens (including phenoxy) is 1. The molecule has 1 heterocycles. The molecule has 1 saturated heterocycles. The predicted octanol–water partition coefficient (Wildman–Crippen LogP) is 0.381. The van der Waals surface area contributed by atoms with Gasteiger partial charge < -0.3 is 41.1 Å². The lowest BCUT2D eigenvalue weighted by atomic mass is 9.94. The smallest absolute Gasteiger partial charge is 0.325 e. The molecular formula is C32H57N5O9. The minimum Gasteiger partial charge on any atom is -0.460 e. The molecule has 0 bridgehead atoms. The number of rotatable bonds is 11. The molecule has 14 heteroatoms. The van der Waals surface area contributed by atoms with E-state index >= 15 is 0 Å². The second-order valence-corrected chi connectivity index (χ2v) is 12.8. The minimum absolute atomic E-state index is 0.00519. The first-order chi connectivity index (χ1) is 21.6. The fourth-order valence-electron chi connectivity index (χ4n) is 5.25. The fraction of sp³-hybridized carbons (Fsp3) is 0.812. The van der Waals surface area contributed by atoms with Crippen molar-refractivity contribution in [2.45, 2.75) is 130 Å². The molecule has 8 atom stereocenters. The van der Waals surface area contributed by atoms with Crippen LogP contribution >= 0.6 is 0 Å². The van der Waals surface area contributed by atoms with E-state index in [1.54, 1.807) is 13.8 Å². The molecule has 0 saturated carbocycles. The monoisotopic (exact) mass is 655 g/mol.